The highest BCUT2D eigenvalue weighted by molar-refractivity contribution is 5.46. The van der Waals surface area contributed by atoms with Gasteiger partial charge in [-0.2, -0.15) is 0 Å². The lowest BCUT2D eigenvalue weighted by molar-refractivity contribution is 0.351. The summed E-state index contributed by atoms with van der Waals surface area (Å²) >= 11 is 0. The molecule has 0 aromatic carbocycles. The Hall–Kier alpha value is -0.720. The molecule has 0 radical (unpaired) electrons. The summed E-state index contributed by atoms with van der Waals surface area (Å²) in [6, 6.07) is 2.35. The topological polar surface area (TPSA) is 13.1 Å². The quantitative estimate of drug-likeness (QED) is 0.736. The minimum absolute atomic E-state index is 0.416. The molecule has 1 heteroatoms. The molecule has 0 saturated heterocycles. The van der Waals surface area contributed by atoms with E-state index >= 15 is 0 Å². The van der Waals surface area contributed by atoms with Gasteiger partial charge in [0.05, 0.1) is 0 Å². The lowest BCUT2D eigenvalue weighted by Crippen LogP contribution is -2.14. The van der Waals surface area contributed by atoms with Crippen molar-refractivity contribution >= 4 is 0 Å². The maximum absolute atomic E-state index is 6.22. The van der Waals surface area contributed by atoms with Gasteiger partial charge in [0.1, 0.15) is 11.5 Å². The van der Waals surface area contributed by atoms with Crippen LogP contribution in [0.4, 0.5) is 0 Å². The van der Waals surface area contributed by atoms with Crippen LogP contribution in [0.1, 0.15) is 70.0 Å². The molecule has 1 fully saturated rings. The predicted octanol–water partition coefficient (Wildman–Crippen LogP) is 4.65. The van der Waals surface area contributed by atoms with E-state index in [2.05, 4.69) is 33.8 Å². The first-order valence-electron chi connectivity index (χ1n) is 7.24. The molecule has 2 aliphatic carbocycles. The van der Waals surface area contributed by atoms with Crippen molar-refractivity contribution < 1.29 is 4.42 Å². The molecule has 94 valence electrons. The van der Waals surface area contributed by atoms with Crippen LogP contribution >= 0.6 is 0 Å². The zero-order chi connectivity index (χ0) is 12.2. The third kappa shape index (κ3) is 1.37. The molecule has 3 atom stereocenters. The molecular formula is C16H24O. The third-order valence-electron chi connectivity index (χ3n) is 5.19. The first-order valence-corrected chi connectivity index (χ1v) is 7.24. The van der Waals surface area contributed by atoms with Crippen LogP contribution in [0.3, 0.4) is 0 Å². The number of rotatable bonds is 4. The summed E-state index contributed by atoms with van der Waals surface area (Å²) in [5.74, 6) is 4.91. The van der Waals surface area contributed by atoms with Crippen LogP contribution in [0.2, 0.25) is 0 Å². The maximum Gasteiger partial charge on any atom is 0.114 e. The van der Waals surface area contributed by atoms with Gasteiger partial charge in [0.25, 0.3) is 0 Å². The highest BCUT2D eigenvalue weighted by Gasteiger charge is 2.67. The molecule has 0 aliphatic heterocycles. The number of unbranched alkanes of at least 4 members (excludes halogenated alkanes) is 1. The molecule has 0 spiro atoms. The molecule has 0 unspecified atom stereocenters. The SMILES string of the molecule is CCCCc1cc2c(o1)[C@]1(C(C)C)C[C@@H]1[C@H]2C. The fraction of sp³-hybridized carbons (Fsp3) is 0.750. The van der Waals surface area contributed by atoms with E-state index in [-0.39, 0.29) is 0 Å². The second-order valence-corrected chi connectivity index (χ2v) is 6.40. The molecule has 1 nitrogen and oxygen atoms in total. The van der Waals surface area contributed by atoms with E-state index in [9.17, 15) is 0 Å². The van der Waals surface area contributed by atoms with Crippen molar-refractivity contribution in [3.05, 3.63) is 23.2 Å². The zero-order valence-corrected chi connectivity index (χ0v) is 11.5. The Labute approximate surface area is 105 Å². The van der Waals surface area contributed by atoms with Gasteiger partial charge in [-0.1, -0.05) is 34.1 Å². The molecule has 0 bridgehead atoms. The summed E-state index contributed by atoms with van der Waals surface area (Å²) in [5.41, 5.74) is 1.94. The Morgan fingerprint density at radius 3 is 2.88 bits per heavy atom. The summed E-state index contributed by atoms with van der Waals surface area (Å²) in [5, 5.41) is 0. The molecule has 0 amide bonds. The van der Waals surface area contributed by atoms with Crippen molar-refractivity contribution in [1.29, 1.82) is 0 Å². The van der Waals surface area contributed by atoms with Crippen LogP contribution < -0.4 is 0 Å². The van der Waals surface area contributed by atoms with E-state index in [0.29, 0.717) is 5.41 Å². The molecule has 17 heavy (non-hydrogen) atoms. The van der Waals surface area contributed by atoms with Crippen LogP contribution in [0.15, 0.2) is 10.5 Å². The molecule has 3 rings (SSSR count). The normalized spacial score (nSPS) is 33.9. The average Bonchev–Trinajstić information content (AvgIpc) is 2.84. The predicted molar refractivity (Wildman–Crippen MR) is 70.4 cm³/mol. The molecule has 1 aromatic heterocycles. The molecule has 1 aromatic rings. The molecule has 2 aliphatic rings. The van der Waals surface area contributed by atoms with Gasteiger partial charge in [-0.25, -0.2) is 0 Å². The van der Waals surface area contributed by atoms with E-state index in [1.807, 2.05) is 0 Å². The Morgan fingerprint density at radius 2 is 2.24 bits per heavy atom. The summed E-state index contributed by atoms with van der Waals surface area (Å²) in [6.07, 6.45) is 4.98. The highest BCUT2D eigenvalue weighted by Crippen LogP contribution is 2.70. The number of hydrogen-bond acceptors (Lipinski definition) is 1. The first kappa shape index (κ1) is 11.4. The smallest absolute Gasteiger partial charge is 0.114 e. The summed E-state index contributed by atoms with van der Waals surface area (Å²) in [6.45, 7) is 9.34. The van der Waals surface area contributed by atoms with E-state index < -0.39 is 0 Å². The molecule has 1 heterocycles. The van der Waals surface area contributed by atoms with Gasteiger partial charge in [-0.05, 0) is 42.2 Å². The van der Waals surface area contributed by atoms with Crippen molar-refractivity contribution in [3.63, 3.8) is 0 Å². The number of aryl methyl sites for hydroxylation is 1. The van der Waals surface area contributed by atoms with Crippen LogP contribution in [0.25, 0.3) is 0 Å². The van der Waals surface area contributed by atoms with Gasteiger partial charge in [-0.3, -0.25) is 0 Å². The van der Waals surface area contributed by atoms with Crippen molar-refractivity contribution in [1.82, 2.24) is 0 Å². The highest BCUT2D eigenvalue weighted by atomic mass is 16.3. The fourth-order valence-corrected chi connectivity index (χ4v) is 3.97. The minimum atomic E-state index is 0.416. The molecule has 1 saturated carbocycles. The van der Waals surface area contributed by atoms with Crippen molar-refractivity contribution in [2.24, 2.45) is 11.8 Å². The van der Waals surface area contributed by atoms with Crippen LogP contribution in [-0.2, 0) is 11.8 Å². The second kappa shape index (κ2) is 3.63. The monoisotopic (exact) mass is 232 g/mol. The fourth-order valence-electron chi connectivity index (χ4n) is 3.97. The van der Waals surface area contributed by atoms with Crippen LogP contribution in [-0.4, -0.2) is 0 Å². The van der Waals surface area contributed by atoms with Crippen molar-refractivity contribution in [2.45, 2.75) is 64.7 Å². The number of fused-ring (bicyclic) bond motifs is 3. The van der Waals surface area contributed by atoms with E-state index in [4.69, 9.17) is 4.42 Å². The Morgan fingerprint density at radius 1 is 1.47 bits per heavy atom. The first-order chi connectivity index (χ1) is 8.11. The number of furan rings is 1. The summed E-state index contributed by atoms with van der Waals surface area (Å²) in [7, 11) is 0. The Balaban J connectivity index is 1.93. The van der Waals surface area contributed by atoms with Gasteiger partial charge in [-0.15, -0.1) is 0 Å². The zero-order valence-electron chi connectivity index (χ0n) is 11.5. The molecule has 0 N–H and O–H groups in total. The van der Waals surface area contributed by atoms with Gasteiger partial charge in [0.15, 0.2) is 0 Å². The van der Waals surface area contributed by atoms with Crippen molar-refractivity contribution in [3.8, 4) is 0 Å². The number of hydrogen-bond donors (Lipinski definition) is 0. The van der Waals surface area contributed by atoms with Gasteiger partial charge in [0, 0.05) is 11.8 Å². The lowest BCUT2D eigenvalue weighted by Gasteiger charge is -2.16. The maximum atomic E-state index is 6.22. The van der Waals surface area contributed by atoms with E-state index in [1.165, 1.54) is 36.3 Å². The largest absolute Gasteiger partial charge is 0.465 e. The van der Waals surface area contributed by atoms with Crippen LogP contribution in [0, 0.1) is 11.8 Å². The van der Waals surface area contributed by atoms with E-state index in [1.54, 1.807) is 0 Å². The molecular weight excluding hydrogens is 208 g/mol. The summed E-state index contributed by atoms with van der Waals surface area (Å²) in [4.78, 5) is 0. The van der Waals surface area contributed by atoms with Gasteiger partial charge in [0.2, 0.25) is 0 Å². The van der Waals surface area contributed by atoms with Gasteiger partial charge >= 0.3 is 0 Å². The van der Waals surface area contributed by atoms with Crippen molar-refractivity contribution in [2.75, 3.05) is 0 Å². The Bertz CT molecular complexity index is 429. The van der Waals surface area contributed by atoms with Crippen LogP contribution in [0.5, 0.6) is 0 Å². The lowest BCUT2D eigenvalue weighted by atomic mass is 9.90. The second-order valence-electron chi connectivity index (χ2n) is 6.40. The average molecular weight is 232 g/mol. The Kier molecular flexibility index (Phi) is 2.43. The minimum Gasteiger partial charge on any atom is -0.465 e. The third-order valence-corrected chi connectivity index (χ3v) is 5.19. The standard InChI is InChI=1S/C16H24O/c1-5-6-7-12-8-13-11(4)14-9-16(14,10(2)3)15(13)17-12/h8,10-11,14H,5-7,9H2,1-4H3/t11-,14+,16-/m0/s1. The summed E-state index contributed by atoms with van der Waals surface area (Å²) < 4.78 is 6.22. The van der Waals surface area contributed by atoms with E-state index in [0.717, 1.165) is 24.2 Å². The van der Waals surface area contributed by atoms with Gasteiger partial charge < -0.3 is 4.42 Å².